The lowest BCUT2D eigenvalue weighted by atomic mass is 10.1. The molecule has 9 heteroatoms. The molecular weight excluding hydrogens is 373 g/mol. The number of carbonyl (C=O) groups is 2. The highest BCUT2D eigenvalue weighted by molar-refractivity contribution is 8.24. The zero-order valence-corrected chi connectivity index (χ0v) is 15.1. The van der Waals surface area contributed by atoms with Crippen LogP contribution in [-0.2, 0) is 15.8 Å². The summed E-state index contributed by atoms with van der Waals surface area (Å²) in [6, 6.07) is 4.82. The summed E-state index contributed by atoms with van der Waals surface area (Å²) in [6.07, 6.45) is -3.54. The van der Waals surface area contributed by atoms with Crippen molar-refractivity contribution in [3.8, 4) is 0 Å². The van der Waals surface area contributed by atoms with E-state index in [0.717, 1.165) is 6.07 Å². The molecule has 1 fully saturated rings. The van der Waals surface area contributed by atoms with E-state index in [9.17, 15) is 22.8 Å². The van der Waals surface area contributed by atoms with E-state index in [2.05, 4.69) is 5.32 Å². The van der Waals surface area contributed by atoms with Gasteiger partial charge >= 0.3 is 6.18 Å². The van der Waals surface area contributed by atoms with Crippen molar-refractivity contribution in [2.24, 2.45) is 0 Å². The Kier molecular flexibility index (Phi) is 6.45. The predicted molar refractivity (Wildman–Crippen MR) is 95.3 cm³/mol. The van der Waals surface area contributed by atoms with Crippen LogP contribution in [0.15, 0.2) is 24.3 Å². The zero-order valence-electron chi connectivity index (χ0n) is 13.4. The molecule has 0 aliphatic carbocycles. The number of thiocarbonyl (C=S) groups is 1. The van der Waals surface area contributed by atoms with Crippen molar-refractivity contribution in [2.75, 3.05) is 11.9 Å². The van der Waals surface area contributed by atoms with Gasteiger partial charge in [0.05, 0.1) is 16.5 Å². The van der Waals surface area contributed by atoms with Crippen LogP contribution in [0.3, 0.4) is 0 Å². The standard InChI is InChI=1S/C16H17F3N2O2S2/c1-2-12-14(23)21(15(24)25-12)9-5-8-13(22)20-11-7-4-3-6-10(11)16(17,18)19/h3-4,6-7,12H,2,5,8-9H2,1H3,(H,20,22). The number of nitrogens with zero attached hydrogens (tertiary/aromatic N) is 1. The SMILES string of the molecule is CCC1SC(=S)N(CCCC(=O)Nc2ccccc2C(F)(F)F)C1=O. The highest BCUT2D eigenvalue weighted by Gasteiger charge is 2.35. The normalized spacial score (nSPS) is 17.9. The summed E-state index contributed by atoms with van der Waals surface area (Å²) in [5.74, 6) is -0.603. The Labute approximate surface area is 153 Å². The summed E-state index contributed by atoms with van der Waals surface area (Å²) in [5.41, 5.74) is -1.16. The van der Waals surface area contributed by atoms with Crippen LogP contribution in [0, 0.1) is 0 Å². The van der Waals surface area contributed by atoms with Gasteiger partial charge in [-0.1, -0.05) is 43.0 Å². The van der Waals surface area contributed by atoms with Gasteiger partial charge in [-0.2, -0.15) is 13.2 Å². The number of halogens is 3. The van der Waals surface area contributed by atoms with Crippen molar-refractivity contribution in [1.29, 1.82) is 0 Å². The van der Waals surface area contributed by atoms with Crippen molar-refractivity contribution in [2.45, 2.75) is 37.6 Å². The summed E-state index contributed by atoms with van der Waals surface area (Å²) in [6.45, 7) is 2.18. The maximum Gasteiger partial charge on any atom is 0.418 e. The molecule has 2 amide bonds. The summed E-state index contributed by atoms with van der Waals surface area (Å²) in [4.78, 5) is 25.5. The van der Waals surface area contributed by atoms with Crippen LogP contribution >= 0.6 is 24.0 Å². The van der Waals surface area contributed by atoms with E-state index in [4.69, 9.17) is 12.2 Å². The van der Waals surface area contributed by atoms with Crippen LogP contribution in [-0.4, -0.2) is 32.8 Å². The van der Waals surface area contributed by atoms with Gasteiger partial charge in [-0.25, -0.2) is 0 Å². The minimum absolute atomic E-state index is 0.0000428. The number of carbonyl (C=O) groups excluding carboxylic acids is 2. The summed E-state index contributed by atoms with van der Waals surface area (Å²) < 4.78 is 39.2. The van der Waals surface area contributed by atoms with Gasteiger partial charge < -0.3 is 5.32 Å². The molecule has 1 saturated heterocycles. The van der Waals surface area contributed by atoms with Gasteiger partial charge in [0, 0.05) is 13.0 Å². The lowest BCUT2D eigenvalue weighted by Crippen LogP contribution is -2.32. The van der Waals surface area contributed by atoms with Crippen LogP contribution in [0.4, 0.5) is 18.9 Å². The molecule has 0 aromatic heterocycles. The van der Waals surface area contributed by atoms with Crippen molar-refractivity contribution < 1.29 is 22.8 Å². The third kappa shape index (κ3) is 4.94. The fourth-order valence-corrected chi connectivity index (χ4v) is 3.89. The number of rotatable bonds is 6. The van der Waals surface area contributed by atoms with E-state index in [0.29, 0.717) is 17.2 Å². The first-order valence-electron chi connectivity index (χ1n) is 7.72. The Balaban J connectivity index is 1.88. The minimum atomic E-state index is -4.54. The fraction of sp³-hybridized carbons (Fsp3) is 0.438. The van der Waals surface area contributed by atoms with Gasteiger partial charge in [0.25, 0.3) is 0 Å². The van der Waals surface area contributed by atoms with E-state index in [1.54, 1.807) is 0 Å². The quantitative estimate of drug-likeness (QED) is 0.744. The third-order valence-electron chi connectivity index (χ3n) is 3.67. The molecule has 0 spiro atoms. The van der Waals surface area contributed by atoms with Crippen molar-refractivity contribution in [3.63, 3.8) is 0 Å². The summed E-state index contributed by atoms with van der Waals surface area (Å²) >= 11 is 6.48. The van der Waals surface area contributed by atoms with Gasteiger partial charge in [-0.05, 0) is 25.0 Å². The molecule has 1 aliphatic rings. The van der Waals surface area contributed by atoms with Gasteiger partial charge in [-0.3, -0.25) is 14.5 Å². The molecule has 4 nitrogen and oxygen atoms in total. The number of alkyl halides is 3. The number of nitrogens with one attached hydrogen (secondary N) is 1. The maximum atomic E-state index is 12.9. The molecule has 1 aliphatic heterocycles. The zero-order chi connectivity index (χ0) is 18.6. The van der Waals surface area contributed by atoms with Gasteiger partial charge in [0.1, 0.15) is 4.32 Å². The van der Waals surface area contributed by atoms with Crippen LogP contribution in [0.1, 0.15) is 31.7 Å². The highest BCUT2D eigenvalue weighted by atomic mass is 32.2. The lowest BCUT2D eigenvalue weighted by molar-refractivity contribution is -0.137. The largest absolute Gasteiger partial charge is 0.418 e. The Bertz CT molecular complexity index is 680. The second-order valence-electron chi connectivity index (χ2n) is 5.47. The predicted octanol–water partition coefficient (Wildman–Crippen LogP) is 4.06. The molecule has 1 aromatic rings. The Hall–Kier alpha value is -1.61. The molecule has 1 heterocycles. The van der Waals surface area contributed by atoms with E-state index >= 15 is 0 Å². The fourth-order valence-electron chi connectivity index (χ4n) is 2.41. The van der Waals surface area contributed by atoms with Crippen LogP contribution in [0.25, 0.3) is 0 Å². The van der Waals surface area contributed by atoms with Gasteiger partial charge in [0.15, 0.2) is 0 Å². The average Bonchev–Trinajstić information content (AvgIpc) is 2.81. The number of amides is 2. The first-order chi connectivity index (χ1) is 11.7. The smallest absolute Gasteiger partial charge is 0.326 e. The number of hydrogen-bond acceptors (Lipinski definition) is 4. The summed E-state index contributed by atoms with van der Waals surface area (Å²) in [5, 5.41) is 2.10. The number of para-hydroxylation sites is 1. The third-order valence-corrected chi connectivity index (χ3v) is 5.42. The lowest BCUT2D eigenvalue weighted by Gasteiger charge is -2.16. The second-order valence-corrected chi connectivity index (χ2v) is 7.30. The highest BCUT2D eigenvalue weighted by Crippen LogP contribution is 2.34. The maximum absolute atomic E-state index is 12.9. The van der Waals surface area contributed by atoms with Crippen LogP contribution in [0.5, 0.6) is 0 Å². The van der Waals surface area contributed by atoms with Crippen molar-refractivity contribution >= 4 is 45.8 Å². The molecule has 0 bridgehead atoms. The van der Waals surface area contributed by atoms with Crippen LogP contribution in [0.2, 0.25) is 0 Å². The average molecular weight is 390 g/mol. The molecule has 1 unspecified atom stereocenters. The van der Waals surface area contributed by atoms with Crippen molar-refractivity contribution in [1.82, 2.24) is 4.90 Å². The molecule has 1 N–H and O–H groups in total. The molecule has 0 saturated carbocycles. The van der Waals surface area contributed by atoms with Gasteiger partial charge in [-0.15, -0.1) is 0 Å². The van der Waals surface area contributed by atoms with E-state index in [-0.39, 0.29) is 29.8 Å². The Morgan fingerprint density at radius 3 is 2.64 bits per heavy atom. The Morgan fingerprint density at radius 2 is 2.04 bits per heavy atom. The van der Waals surface area contributed by atoms with Gasteiger partial charge in [0.2, 0.25) is 11.8 Å². The molecule has 136 valence electrons. The Morgan fingerprint density at radius 1 is 1.36 bits per heavy atom. The number of benzene rings is 1. The summed E-state index contributed by atoms with van der Waals surface area (Å²) in [7, 11) is 0. The first-order valence-corrected chi connectivity index (χ1v) is 9.01. The minimum Gasteiger partial charge on any atom is -0.326 e. The molecule has 25 heavy (non-hydrogen) atoms. The molecule has 1 atom stereocenters. The van der Waals surface area contributed by atoms with Crippen LogP contribution < -0.4 is 5.32 Å². The number of anilines is 1. The molecule has 2 rings (SSSR count). The topological polar surface area (TPSA) is 49.4 Å². The van der Waals surface area contributed by atoms with E-state index in [1.165, 1.54) is 34.9 Å². The number of thioether (sulfide) groups is 1. The monoisotopic (exact) mass is 390 g/mol. The van der Waals surface area contributed by atoms with Crippen molar-refractivity contribution in [3.05, 3.63) is 29.8 Å². The molecule has 0 radical (unpaired) electrons. The number of hydrogen-bond donors (Lipinski definition) is 1. The molecule has 1 aromatic carbocycles. The second kappa shape index (κ2) is 8.18. The van der Waals surface area contributed by atoms with E-state index in [1.807, 2.05) is 6.92 Å². The molecular formula is C16H17F3N2O2S2. The first kappa shape index (κ1) is 19.7. The van der Waals surface area contributed by atoms with E-state index < -0.39 is 17.6 Å².